The van der Waals surface area contributed by atoms with Crippen LogP contribution < -0.4 is 4.90 Å². The van der Waals surface area contributed by atoms with E-state index in [1.807, 2.05) is 44.2 Å². The Morgan fingerprint density at radius 1 is 0.964 bits per heavy atom. The van der Waals surface area contributed by atoms with Crippen LogP contribution in [0.2, 0.25) is 0 Å². The second-order valence-electron chi connectivity index (χ2n) is 8.37. The maximum absolute atomic E-state index is 13.4. The third-order valence-electron chi connectivity index (χ3n) is 5.54. The van der Waals surface area contributed by atoms with Crippen molar-refractivity contribution in [2.45, 2.75) is 38.8 Å². The van der Waals surface area contributed by atoms with Crippen LogP contribution in [0, 0.1) is 5.41 Å². The quantitative estimate of drug-likeness (QED) is 0.856. The number of nitrogens with zero attached hydrogens (tertiary/aromatic N) is 1. The molecule has 0 spiro atoms. The lowest BCUT2D eigenvalue weighted by molar-refractivity contribution is -0.137. The molecule has 1 heterocycles. The van der Waals surface area contributed by atoms with Gasteiger partial charge in [-0.1, -0.05) is 62.4 Å². The number of allylic oxidation sites excluding steroid dienone is 1. The third kappa shape index (κ3) is 2.74. The number of aliphatic hydroxyl groups is 2. The molecule has 1 unspecified atom stereocenters. The largest absolute Gasteiger partial charge is 0.512 e. The van der Waals surface area contributed by atoms with E-state index in [9.17, 15) is 19.8 Å². The fourth-order valence-electron chi connectivity index (χ4n) is 4.30. The average Bonchev–Trinajstić information content (AvgIpc) is 2.84. The summed E-state index contributed by atoms with van der Waals surface area (Å²) in [5.74, 6) is -1.19. The molecule has 2 aromatic rings. The molecule has 2 aliphatic rings. The Kier molecular flexibility index (Phi) is 4.16. The van der Waals surface area contributed by atoms with Crippen molar-refractivity contribution in [1.29, 1.82) is 0 Å². The van der Waals surface area contributed by atoms with Gasteiger partial charge < -0.3 is 15.1 Å². The Hall–Kier alpha value is -2.92. The first kappa shape index (κ1) is 18.4. The van der Waals surface area contributed by atoms with Gasteiger partial charge in [-0.15, -0.1) is 0 Å². The van der Waals surface area contributed by atoms with Crippen LogP contribution in [0.3, 0.4) is 0 Å². The smallest absolute Gasteiger partial charge is 0.269 e. The van der Waals surface area contributed by atoms with E-state index in [4.69, 9.17) is 0 Å². The van der Waals surface area contributed by atoms with Gasteiger partial charge in [0, 0.05) is 18.4 Å². The first-order valence-electron chi connectivity index (χ1n) is 9.37. The number of anilines is 1. The van der Waals surface area contributed by atoms with E-state index in [1.54, 1.807) is 24.3 Å². The lowest BCUT2D eigenvalue weighted by atomic mass is 9.71. The number of para-hydroxylation sites is 1. The molecule has 2 N–H and O–H groups in total. The standard InChI is InChI=1S/C23H23NO4/c1-22(2)12-18(25)20(19(26)13-22)23(28)16-10-6-7-11-17(16)24(21(23)27)14-15-8-4-3-5-9-15/h3-11,25,28H,12-14H2,1-2H3. The second kappa shape index (κ2) is 6.31. The van der Waals surface area contributed by atoms with Crippen molar-refractivity contribution in [2.24, 2.45) is 5.41 Å². The first-order valence-corrected chi connectivity index (χ1v) is 9.37. The van der Waals surface area contributed by atoms with Gasteiger partial charge in [0.2, 0.25) is 5.60 Å². The molecule has 144 valence electrons. The average molecular weight is 377 g/mol. The molecule has 5 heteroatoms. The van der Waals surface area contributed by atoms with Gasteiger partial charge in [-0.3, -0.25) is 9.59 Å². The van der Waals surface area contributed by atoms with E-state index >= 15 is 0 Å². The molecule has 0 saturated heterocycles. The number of ketones is 1. The highest BCUT2D eigenvalue weighted by molar-refractivity contribution is 6.15. The summed E-state index contributed by atoms with van der Waals surface area (Å²) in [4.78, 5) is 27.8. The van der Waals surface area contributed by atoms with Crippen LogP contribution in [0.1, 0.15) is 37.8 Å². The second-order valence-corrected chi connectivity index (χ2v) is 8.37. The van der Waals surface area contributed by atoms with E-state index in [2.05, 4.69) is 0 Å². The molecule has 1 aliphatic heterocycles. The highest BCUT2D eigenvalue weighted by atomic mass is 16.3. The van der Waals surface area contributed by atoms with Crippen LogP contribution in [0.4, 0.5) is 5.69 Å². The molecule has 0 bridgehead atoms. The predicted octanol–water partition coefficient (Wildman–Crippen LogP) is 3.62. The molecule has 0 aromatic heterocycles. The number of benzene rings is 2. The highest BCUT2D eigenvalue weighted by Gasteiger charge is 2.56. The molecule has 1 amide bonds. The Bertz CT molecular complexity index is 993. The van der Waals surface area contributed by atoms with E-state index in [0.29, 0.717) is 11.3 Å². The number of carbonyl (C=O) groups is 2. The van der Waals surface area contributed by atoms with Gasteiger partial charge in [0.05, 0.1) is 17.8 Å². The Morgan fingerprint density at radius 3 is 2.29 bits per heavy atom. The molecule has 4 rings (SSSR count). The minimum Gasteiger partial charge on any atom is -0.512 e. The molecule has 1 aliphatic carbocycles. The van der Waals surface area contributed by atoms with Crippen molar-refractivity contribution in [3.05, 3.63) is 77.1 Å². The van der Waals surface area contributed by atoms with Crippen LogP contribution in [-0.2, 0) is 21.7 Å². The summed E-state index contributed by atoms with van der Waals surface area (Å²) in [6.45, 7) is 4.04. The van der Waals surface area contributed by atoms with Gasteiger partial charge in [0.15, 0.2) is 5.78 Å². The van der Waals surface area contributed by atoms with Gasteiger partial charge in [0.1, 0.15) is 5.76 Å². The SMILES string of the molecule is CC1(C)CC(=O)C(C2(O)C(=O)N(Cc3ccccc3)c3ccccc32)=C(O)C1. The summed E-state index contributed by atoms with van der Waals surface area (Å²) in [5.41, 5.74) is -0.957. The van der Waals surface area contributed by atoms with E-state index < -0.39 is 16.9 Å². The molecule has 0 fully saturated rings. The van der Waals surface area contributed by atoms with E-state index in [1.165, 1.54) is 4.90 Å². The number of aliphatic hydroxyl groups excluding tert-OH is 1. The van der Waals surface area contributed by atoms with Crippen LogP contribution in [-0.4, -0.2) is 21.9 Å². The van der Waals surface area contributed by atoms with Crippen molar-refractivity contribution in [2.75, 3.05) is 4.90 Å². The maximum atomic E-state index is 13.4. The van der Waals surface area contributed by atoms with E-state index in [0.717, 1.165) is 5.56 Å². The van der Waals surface area contributed by atoms with Crippen LogP contribution >= 0.6 is 0 Å². The fraction of sp³-hybridized carbons (Fsp3) is 0.304. The topological polar surface area (TPSA) is 77.8 Å². The summed E-state index contributed by atoms with van der Waals surface area (Å²) < 4.78 is 0. The lowest BCUT2D eigenvalue weighted by Gasteiger charge is -2.34. The molecular formula is C23H23NO4. The Balaban J connectivity index is 1.84. The molecule has 28 heavy (non-hydrogen) atoms. The van der Waals surface area contributed by atoms with Crippen molar-refractivity contribution in [1.82, 2.24) is 0 Å². The summed E-state index contributed by atoms with van der Waals surface area (Å²) in [6.07, 6.45) is 0.410. The number of hydrogen-bond donors (Lipinski definition) is 2. The minimum absolute atomic E-state index is 0.169. The Labute approximate surface area is 163 Å². The fourth-order valence-corrected chi connectivity index (χ4v) is 4.30. The number of carbonyl (C=O) groups excluding carboxylic acids is 2. The van der Waals surface area contributed by atoms with E-state index in [-0.39, 0.29) is 36.5 Å². The van der Waals surface area contributed by atoms with Crippen molar-refractivity contribution in [3.63, 3.8) is 0 Å². The predicted molar refractivity (Wildman–Crippen MR) is 106 cm³/mol. The van der Waals surface area contributed by atoms with Crippen LogP contribution in [0.25, 0.3) is 0 Å². The zero-order valence-electron chi connectivity index (χ0n) is 16.0. The zero-order valence-corrected chi connectivity index (χ0v) is 16.0. The van der Waals surface area contributed by atoms with Crippen molar-refractivity contribution >= 4 is 17.4 Å². The normalized spacial score (nSPS) is 23.9. The Morgan fingerprint density at radius 2 is 1.61 bits per heavy atom. The van der Waals surface area contributed by atoms with Crippen molar-refractivity contribution in [3.8, 4) is 0 Å². The van der Waals surface area contributed by atoms with Crippen LogP contribution in [0.5, 0.6) is 0 Å². The van der Waals surface area contributed by atoms with Gasteiger partial charge >= 0.3 is 0 Å². The minimum atomic E-state index is -2.16. The summed E-state index contributed by atoms with van der Waals surface area (Å²) in [5, 5.41) is 22.2. The lowest BCUT2D eigenvalue weighted by Crippen LogP contribution is -2.46. The summed E-state index contributed by atoms with van der Waals surface area (Å²) in [6, 6.07) is 16.4. The summed E-state index contributed by atoms with van der Waals surface area (Å²) in [7, 11) is 0. The number of fused-ring (bicyclic) bond motifs is 1. The number of rotatable bonds is 3. The highest BCUT2D eigenvalue weighted by Crippen LogP contribution is 2.49. The molecule has 2 aromatic carbocycles. The first-order chi connectivity index (χ1) is 13.2. The molecule has 0 radical (unpaired) electrons. The van der Waals surface area contributed by atoms with Gasteiger partial charge in [-0.2, -0.15) is 0 Å². The number of hydrogen-bond acceptors (Lipinski definition) is 4. The van der Waals surface area contributed by atoms with Crippen LogP contribution in [0.15, 0.2) is 65.9 Å². The zero-order chi connectivity index (χ0) is 20.1. The summed E-state index contributed by atoms with van der Waals surface area (Å²) >= 11 is 0. The van der Waals surface area contributed by atoms with Gasteiger partial charge in [-0.05, 0) is 17.0 Å². The molecule has 5 nitrogen and oxygen atoms in total. The van der Waals surface area contributed by atoms with Gasteiger partial charge in [-0.25, -0.2) is 0 Å². The molecule has 1 atom stereocenters. The number of Topliss-reactive ketones (excluding diaryl/α,β-unsaturated/α-hetero) is 1. The number of amides is 1. The maximum Gasteiger partial charge on any atom is 0.269 e. The van der Waals surface area contributed by atoms with Crippen molar-refractivity contribution < 1.29 is 19.8 Å². The van der Waals surface area contributed by atoms with Gasteiger partial charge in [0.25, 0.3) is 5.91 Å². The molecular weight excluding hydrogens is 354 g/mol. The third-order valence-corrected chi connectivity index (χ3v) is 5.54. The molecule has 0 saturated carbocycles. The monoisotopic (exact) mass is 377 g/mol.